The molecule has 0 saturated carbocycles. The molecule has 2 aromatic carbocycles. The number of halogens is 1. The number of hydrogen-bond donors (Lipinski definition) is 1. The molecule has 0 radical (unpaired) electrons. The molecule has 0 fully saturated rings. The van der Waals surface area contributed by atoms with Crippen LogP contribution in [0.1, 0.15) is 0 Å². The molecule has 2 rings (SSSR count). The average Bonchev–Trinajstić information content (AvgIpc) is 2.54. The number of amides is 1. The summed E-state index contributed by atoms with van der Waals surface area (Å²) >= 11 is 0. The van der Waals surface area contributed by atoms with Crippen LogP contribution in [-0.2, 0) is 4.74 Å². The number of carbonyl (C=O) groups excluding carboxylic acids is 1. The van der Waals surface area contributed by atoms with Gasteiger partial charge in [0.2, 0.25) is 0 Å². The first-order valence-electron chi connectivity index (χ1n) is 6.56. The van der Waals surface area contributed by atoms with E-state index in [2.05, 4.69) is 16.0 Å². The highest BCUT2D eigenvalue weighted by molar-refractivity contribution is 5.85. The van der Waals surface area contributed by atoms with Gasteiger partial charge in [0.05, 0.1) is 19.3 Å². The number of benzene rings is 2. The summed E-state index contributed by atoms with van der Waals surface area (Å²) in [6.07, 6.45) is 4.83. The molecule has 0 aliphatic rings. The maximum Gasteiger partial charge on any atom is 0.411 e. The Kier molecular flexibility index (Phi) is 4.99. The van der Waals surface area contributed by atoms with E-state index in [1.54, 1.807) is 47.4 Å². The Balaban J connectivity index is 2.28. The molecule has 0 atom stereocenters. The van der Waals surface area contributed by atoms with Crippen LogP contribution in [0.4, 0.5) is 26.2 Å². The fourth-order valence-electron chi connectivity index (χ4n) is 1.97. The van der Waals surface area contributed by atoms with Crippen molar-refractivity contribution in [1.82, 2.24) is 0 Å². The number of carbonyl (C=O) groups is 1. The first-order valence-corrected chi connectivity index (χ1v) is 6.56. The quantitative estimate of drug-likeness (QED) is 0.874. The number of hydrogen-bond acceptors (Lipinski definition) is 3. The van der Waals surface area contributed by atoms with Crippen molar-refractivity contribution in [3.63, 3.8) is 0 Å². The van der Waals surface area contributed by atoms with Crippen molar-refractivity contribution < 1.29 is 13.9 Å². The molecule has 0 saturated heterocycles. The molecule has 4 nitrogen and oxygen atoms in total. The highest BCUT2D eigenvalue weighted by Gasteiger charge is 2.12. The van der Waals surface area contributed by atoms with Gasteiger partial charge in [0.25, 0.3) is 0 Å². The van der Waals surface area contributed by atoms with Gasteiger partial charge in [-0.3, -0.25) is 5.32 Å². The Bertz CT molecular complexity index is 693. The van der Waals surface area contributed by atoms with E-state index in [1.807, 2.05) is 0 Å². The lowest BCUT2D eigenvalue weighted by atomic mass is 10.2. The fraction of sp³-hybridized carbons (Fsp3) is 0.118. The van der Waals surface area contributed by atoms with E-state index in [4.69, 9.17) is 6.42 Å². The molecular formula is C17H15FN2O2. The highest BCUT2D eigenvalue weighted by atomic mass is 19.1. The number of rotatable bonds is 4. The number of nitrogens with one attached hydrogen (secondary N) is 1. The van der Waals surface area contributed by atoms with Crippen molar-refractivity contribution in [3.05, 3.63) is 54.3 Å². The van der Waals surface area contributed by atoms with E-state index in [-0.39, 0.29) is 12.4 Å². The lowest BCUT2D eigenvalue weighted by molar-refractivity contribution is 0.187. The lowest BCUT2D eigenvalue weighted by Crippen LogP contribution is -2.18. The summed E-state index contributed by atoms with van der Waals surface area (Å²) in [4.78, 5) is 12.8. The summed E-state index contributed by atoms with van der Waals surface area (Å²) in [6, 6.07) is 13.3. The van der Waals surface area contributed by atoms with E-state index >= 15 is 0 Å². The minimum absolute atomic E-state index is 0.227. The van der Waals surface area contributed by atoms with Crippen molar-refractivity contribution in [2.45, 2.75) is 0 Å². The topological polar surface area (TPSA) is 41.6 Å². The van der Waals surface area contributed by atoms with Crippen molar-refractivity contribution in [1.29, 1.82) is 0 Å². The predicted octanol–water partition coefficient (Wildman–Crippen LogP) is 3.78. The monoisotopic (exact) mass is 298 g/mol. The van der Waals surface area contributed by atoms with E-state index in [0.717, 1.165) is 5.69 Å². The highest BCUT2D eigenvalue weighted by Crippen LogP contribution is 2.28. The van der Waals surface area contributed by atoms with Crippen LogP contribution in [0.15, 0.2) is 48.5 Å². The maximum atomic E-state index is 14.0. The zero-order chi connectivity index (χ0) is 15.9. The van der Waals surface area contributed by atoms with Gasteiger partial charge in [-0.05, 0) is 36.4 Å². The summed E-state index contributed by atoms with van der Waals surface area (Å²) in [6.45, 7) is 0.227. The van der Waals surface area contributed by atoms with E-state index in [1.165, 1.54) is 13.2 Å². The van der Waals surface area contributed by atoms with Crippen molar-refractivity contribution in [2.75, 3.05) is 23.9 Å². The standard InChI is InChI=1S/C17H15FN2O2/c1-3-12-20(16-7-5-4-6-15(16)18)14-10-8-13(9-11-14)19-17(21)22-2/h1,4-11H,12H2,2H3,(H,19,21). The molecule has 1 N–H and O–H groups in total. The first kappa shape index (κ1) is 15.4. The summed E-state index contributed by atoms with van der Waals surface area (Å²) in [5.41, 5.74) is 1.69. The summed E-state index contributed by atoms with van der Waals surface area (Å²) < 4.78 is 18.5. The Morgan fingerprint density at radius 2 is 1.95 bits per heavy atom. The molecular weight excluding hydrogens is 283 g/mol. The Morgan fingerprint density at radius 3 is 2.55 bits per heavy atom. The fourth-order valence-corrected chi connectivity index (χ4v) is 1.97. The van der Waals surface area contributed by atoms with E-state index in [0.29, 0.717) is 11.4 Å². The second-order valence-corrected chi connectivity index (χ2v) is 4.41. The van der Waals surface area contributed by atoms with Crippen LogP contribution < -0.4 is 10.2 Å². The first-order chi connectivity index (χ1) is 10.7. The van der Waals surface area contributed by atoms with Crippen LogP contribution in [0.2, 0.25) is 0 Å². The third kappa shape index (κ3) is 3.55. The van der Waals surface area contributed by atoms with Gasteiger partial charge in [-0.1, -0.05) is 18.1 Å². The SMILES string of the molecule is C#CCN(c1ccc(NC(=O)OC)cc1)c1ccccc1F. The second-order valence-electron chi connectivity index (χ2n) is 4.41. The molecule has 5 heteroatoms. The number of methoxy groups -OCH3 is 1. The van der Waals surface area contributed by atoms with Gasteiger partial charge in [-0.15, -0.1) is 6.42 Å². The predicted molar refractivity (Wildman–Crippen MR) is 84.7 cm³/mol. The third-order valence-corrected chi connectivity index (χ3v) is 3.00. The van der Waals surface area contributed by atoms with Crippen LogP contribution in [-0.4, -0.2) is 19.7 Å². The average molecular weight is 298 g/mol. The van der Waals surface area contributed by atoms with Gasteiger partial charge < -0.3 is 9.64 Å². The minimum Gasteiger partial charge on any atom is -0.453 e. The molecule has 1 amide bonds. The Hall–Kier alpha value is -3.00. The van der Waals surface area contributed by atoms with E-state index in [9.17, 15) is 9.18 Å². The third-order valence-electron chi connectivity index (χ3n) is 3.00. The number of nitrogens with zero attached hydrogens (tertiary/aromatic N) is 1. The molecule has 112 valence electrons. The van der Waals surface area contributed by atoms with Gasteiger partial charge in [0.15, 0.2) is 0 Å². The molecule has 0 unspecified atom stereocenters. The zero-order valence-corrected chi connectivity index (χ0v) is 12.0. The molecule has 22 heavy (non-hydrogen) atoms. The van der Waals surface area contributed by atoms with Crippen LogP contribution >= 0.6 is 0 Å². The molecule has 2 aromatic rings. The molecule has 0 bridgehead atoms. The summed E-state index contributed by atoms with van der Waals surface area (Å²) in [7, 11) is 1.29. The zero-order valence-electron chi connectivity index (χ0n) is 12.0. The second kappa shape index (κ2) is 7.14. The molecule has 0 heterocycles. The van der Waals surface area contributed by atoms with Gasteiger partial charge >= 0.3 is 6.09 Å². The molecule has 0 aliphatic heterocycles. The van der Waals surface area contributed by atoms with Crippen LogP contribution in [0.3, 0.4) is 0 Å². The van der Waals surface area contributed by atoms with Gasteiger partial charge in [-0.25, -0.2) is 9.18 Å². The number of ether oxygens (including phenoxy) is 1. The molecule has 0 spiro atoms. The van der Waals surface area contributed by atoms with Gasteiger partial charge in [0.1, 0.15) is 5.82 Å². The lowest BCUT2D eigenvalue weighted by Gasteiger charge is -2.23. The Morgan fingerprint density at radius 1 is 1.27 bits per heavy atom. The van der Waals surface area contributed by atoms with Crippen LogP contribution in [0, 0.1) is 18.2 Å². The van der Waals surface area contributed by atoms with Crippen LogP contribution in [0.5, 0.6) is 0 Å². The number of terminal acetylenes is 1. The van der Waals surface area contributed by atoms with Crippen molar-refractivity contribution in [3.8, 4) is 12.3 Å². The number of anilines is 3. The Labute approximate surface area is 128 Å². The molecule has 0 aliphatic carbocycles. The maximum absolute atomic E-state index is 14.0. The minimum atomic E-state index is -0.553. The molecule has 0 aromatic heterocycles. The number of para-hydroxylation sites is 1. The van der Waals surface area contributed by atoms with Crippen molar-refractivity contribution in [2.24, 2.45) is 0 Å². The van der Waals surface area contributed by atoms with Gasteiger partial charge in [-0.2, -0.15) is 0 Å². The van der Waals surface area contributed by atoms with Gasteiger partial charge in [0, 0.05) is 11.4 Å². The smallest absolute Gasteiger partial charge is 0.411 e. The largest absolute Gasteiger partial charge is 0.453 e. The van der Waals surface area contributed by atoms with E-state index < -0.39 is 6.09 Å². The normalized spacial score (nSPS) is 9.68. The summed E-state index contributed by atoms with van der Waals surface area (Å²) in [5.74, 6) is 2.17. The summed E-state index contributed by atoms with van der Waals surface area (Å²) in [5, 5.41) is 2.55. The van der Waals surface area contributed by atoms with Crippen molar-refractivity contribution >= 4 is 23.2 Å². The van der Waals surface area contributed by atoms with Crippen LogP contribution in [0.25, 0.3) is 0 Å².